The molecule has 0 saturated heterocycles. The highest BCUT2D eigenvalue weighted by Gasteiger charge is 2.19. The van der Waals surface area contributed by atoms with E-state index in [4.69, 9.17) is 16.3 Å². The molecule has 0 aliphatic carbocycles. The van der Waals surface area contributed by atoms with Crippen LogP contribution < -0.4 is 10.3 Å². The summed E-state index contributed by atoms with van der Waals surface area (Å²) in [5.74, 6) is -0.376. The fourth-order valence-corrected chi connectivity index (χ4v) is 2.74. The third kappa shape index (κ3) is 3.42. The largest absolute Gasteiger partial charge is 0.420 e. The minimum absolute atomic E-state index is 0.0984. The van der Waals surface area contributed by atoms with Gasteiger partial charge in [-0.05, 0) is 37.1 Å². The van der Waals surface area contributed by atoms with Crippen molar-refractivity contribution in [3.63, 3.8) is 0 Å². The van der Waals surface area contributed by atoms with Crippen molar-refractivity contribution in [1.29, 1.82) is 0 Å². The van der Waals surface area contributed by atoms with Crippen LogP contribution in [0.3, 0.4) is 0 Å². The van der Waals surface area contributed by atoms with Crippen LogP contribution in [0.2, 0.25) is 5.02 Å². The first-order chi connectivity index (χ1) is 12.0. The van der Waals surface area contributed by atoms with Crippen LogP contribution >= 0.6 is 11.6 Å². The highest BCUT2D eigenvalue weighted by atomic mass is 35.5. The van der Waals surface area contributed by atoms with Crippen molar-refractivity contribution in [2.75, 3.05) is 0 Å². The van der Waals surface area contributed by atoms with E-state index in [9.17, 15) is 9.59 Å². The van der Waals surface area contributed by atoms with Gasteiger partial charge in [0.05, 0.1) is 10.4 Å². The smallest absolute Gasteiger partial charge is 0.364 e. The lowest BCUT2D eigenvalue weighted by atomic mass is 10.1. The lowest BCUT2D eigenvalue weighted by Crippen LogP contribution is -2.27. The summed E-state index contributed by atoms with van der Waals surface area (Å²) in [7, 11) is 0. The van der Waals surface area contributed by atoms with Gasteiger partial charge in [-0.25, -0.2) is 9.48 Å². The number of hydrogen-bond acceptors (Lipinski definition) is 4. The number of carbonyl (C=O) groups excluding carboxylic acids is 1. The van der Waals surface area contributed by atoms with Crippen molar-refractivity contribution < 1.29 is 9.53 Å². The molecule has 1 heterocycles. The number of carbonyl (C=O) groups is 1. The molecule has 2 aromatic carbocycles. The molecule has 0 unspecified atom stereocenters. The molecule has 5 nitrogen and oxygen atoms in total. The maximum atomic E-state index is 12.7. The summed E-state index contributed by atoms with van der Waals surface area (Å²) in [4.78, 5) is 25.2. The minimum atomic E-state index is -0.645. The Balaban J connectivity index is 2.11. The Kier molecular flexibility index (Phi) is 4.86. The zero-order valence-electron chi connectivity index (χ0n) is 14.0. The van der Waals surface area contributed by atoms with Gasteiger partial charge in [0.25, 0.3) is 5.56 Å². The van der Waals surface area contributed by atoms with E-state index in [0.717, 1.165) is 12.0 Å². The van der Waals surface area contributed by atoms with Crippen LogP contribution in [0.25, 0.3) is 10.8 Å². The molecular weight excluding hydrogens is 340 g/mol. The fraction of sp³-hybridized carbons (Fsp3) is 0.211. The third-order valence-electron chi connectivity index (χ3n) is 3.79. The van der Waals surface area contributed by atoms with Crippen LogP contribution in [0.15, 0.2) is 47.3 Å². The molecule has 25 heavy (non-hydrogen) atoms. The lowest BCUT2D eigenvalue weighted by Gasteiger charge is -2.11. The van der Waals surface area contributed by atoms with Gasteiger partial charge in [-0.1, -0.05) is 42.8 Å². The van der Waals surface area contributed by atoms with Gasteiger partial charge in [0, 0.05) is 11.9 Å². The lowest BCUT2D eigenvalue weighted by molar-refractivity contribution is 0.0728. The number of ether oxygens (including phenoxy) is 1. The number of hydrogen-bond donors (Lipinski definition) is 0. The van der Waals surface area contributed by atoms with Gasteiger partial charge < -0.3 is 4.74 Å². The molecule has 0 bridgehead atoms. The van der Waals surface area contributed by atoms with E-state index >= 15 is 0 Å². The summed E-state index contributed by atoms with van der Waals surface area (Å²) in [5, 5.41) is 5.47. The number of esters is 1. The molecule has 0 N–H and O–H groups in total. The fourth-order valence-electron chi connectivity index (χ4n) is 2.59. The van der Waals surface area contributed by atoms with Crippen molar-refractivity contribution in [2.45, 2.75) is 26.8 Å². The van der Waals surface area contributed by atoms with E-state index in [1.165, 1.54) is 4.68 Å². The Labute approximate surface area is 149 Å². The minimum Gasteiger partial charge on any atom is -0.420 e. The van der Waals surface area contributed by atoms with Gasteiger partial charge in [0.1, 0.15) is 5.75 Å². The van der Waals surface area contributed by atoms with Gasteiger partial charge in [0.15, 0.2) is 5.69 Å². The molecule has 0 atom stereocenters. The van der Waals surface area contributed by atoms with E-state index in [1.807, 2.05) is 19.9 Å². The monoisotopic (exact) mass is 356 g/mol. The molecule has 0 radical (unpaired) electrons. The van der Waals surface area contributed by atoms with E-state index in [-0.39, 0.29) is 17.0 Å². The number of benzene rings is 2. The number of aromatic nitrogens is 2. The van der Waals surface area contributed by atoms with Crippen molar-refractivity contribution in [3.05, 3.63) is 69.1 Å². The molecule has 3 rings (SSSR count). The third-order valence-corrected chi connectivity index (χ3v) is 4.10. The first-order valence-electron chi connectivity index (χ1n) is 7.99. The van der Waals surface area contributed by atoms with Crippen molar-refractivity contribution >= 4 is 28.3 Å². The number of halogens is 1. The standard InChI is InChI=1S/C19H17ClN2O3/c1-3-10-22-18(23)14-7-5-4-6-13(14)17(21-22)19(24)25-16-11-12(2)8-9-15(16)20/h4-9,11H,3,10H2,1-2H3. The molecule has 0 aliphatic rings. The normalized spacial score (nSPS) is 10.8. The second-order valence-electron chi connectivity index (χ2n) is 5.75. The van der Waals surface area contributed by atoms with Crippen LogP contribution in [0.1, 0.15) is 29.4 Å². The van der Waals surface area contributed by atoms with Crippen LogP contribution in [-0.4, -0.2) is 15.7 Å². The maximum absolute atomic E-state index is 12.7. The van der Waals surface area contributed by atoms with Crippen LogP contribution in [0.5, 0.6) is 5.75 Å². The summed E-state index contributed by atoms with van der Waals surface area (Å²) < 4.78 is 6.75. The average molecular weight is 357 g/mol. The molecule has 1 aromatic heterocycles. The highest BCUT2D eigenvalue weighted by molar-refractivity contribution is 6.32. The average Bonchev–Trinajstić information content (AvgIpc) is 2.60. The molecule has 0 fully saturated rings. The van der Waals surface area contributed by atoms with Gasteiger partial charge in [-0.15, -0.1) is 0 Å². The summed E-state index contributed by atoms with van der Waals surface area (Å²) in [6.07, 6.45) is 0.726. The van der Waals surface area contributed by atoms with Gasteiger partial charge in [0.2, 0.25) is 0 Å². The van der Waals surface area contributed by atoms with Crippen molar-refractivity contribution in [1.82, 2.24) is 9.78 Å². The predicted octanol–water partition coefficient (Wildman–Crippen LogP) is 3.99. The highest BCUT2D eigenvalue weighted by Crippen LogP contribution is 2.26. The molecule has 3 aromatic rings. The number of rotatable bonds is 4. The Hall–Kier alpha value is -2.66. The van der Waals surface area contributed by atoms with E-state index in [0.29, 0.717) is 22.3 Å². The van der Waals surface area contributed by atoms with E-state index in [2.05, 4.69) is 5.10 Å². The van der Waals surface area contributed by atoms with Crippen molar-refractivity contribution in [3.8, 4) is 5.75 Å². The van der Waals surface area contributed by atoms with Gasteiger partial charge in [-0.2, -0.15) is 5.10 Å². The second kappa shape index (κ2) is 7.07. The van der Waals surface area contributed by atoms with Crippen LogP contribution in [0, 0.1) is 6.92 Å². The summed E-state index contributed by atoms with van der Waals surface area (Å²) in [5.41, 5.74) is 0.796. The number of fused-ring (bicyclic) bond motifs is 1. The van der Waals surface area contributed by atoms with Gasteiger partial charge >= 0.3 is 5.97 Å². The quantitative estimate of drug-likeness (QED) is 0.524. The van der Waals surface area contributed by atoms with Gasteiger partial charge in [-0.3, -0.25) is 4.79 Å². The van der Waals surface area contributed by atoms with Crippen molar-refractivity contribution in [2.24, 2.45) is 0 Å². The molecule has 0 saturated carbocycles. The Morgan fingerprint density at radius 3 is 2.64 bits per heavy atom. The zero-order chi connectivity index (χ0) is 18.0. The molecule has 6 heteroatoms. The SMILES string of the molecule is CCCn1nc(C(=O)Oc2cc(C)ccc2Cl)c2ccccc2c1=O. The summed E-state index contributed by atoms with van der Waals surface area (Å²) >= 11 is 6.10. The molecule has 0 spiro atoms. The topological polar surface area (TPSA) is 61.2 Å². The number of aryl methyl sites for hydroxylation is 2. The summed E-state index contributed by atoms with van der Waals surface area (Å²) in [6.45, 7) is 4.24. The first-order valence-corrected chi connectivity index (χ1v) is 8.37. The second-order valence-corrected chi connectivity index (χ2v) is 6.15. The zero-order valence-corrected chi connectivity index (χ0v) is 14.7. The Morgan fingerprint density at radius 1 is 1.20 bits per heavy atom. The number of nitrogens with zero attached hydrogens (tertiary/aromatic N) is 2. The Bertz CT molecular complexity index is 1010. The van der Waals surface area contributed by atoms with Crippen LogP contribution in [0.4, 0.5) is 0 Å². The van der Waals surface area contributed by atoms with Crippen LogP contribution in [-0.2, 0) is 6.54 Å². The molecular formula is C19H17ClN2O3. The molecule has 0 aliphatic heterocycles. The summed E-state index contributed by atoms with van der Waals surface area (Å²) in [6, 6.07) is 12.1. The Morgan fingerprint density at radius 2 is 1.92 bits per heavy atom. The first kappa shape index (κ1) is 17.2. The van der Waals surface area contributed by atoms with E-state index in [1.54, 1.807) is 36.4 Å². The molecule has 0 amide bonds. The molecule has 128 valence electrons. The predicted molar refractivity (Wildman–Crippen MR) is 97.4 cm³/mol. The van der Waals surface area contributed by atoms with E-state index < -0.39 is 5.97 Å². The maximum Gasteiger partial charge on any atom is 0.364 e.